The van der Waals surface area contributed by atoms with Gasteiger partial charge in [0.15, 0.2) is 6.10 Å². The minimum atomic E-state index is -4.51. The fourth-order valence-electron chi connectivity index (χ4n) is 6.71. The van der Waals surface area contributed by atoms with Crippen molar-refractivity contribution >= 4 is 13.8 Å². The smallest absolute Gasteiger partial charge is 0.305 e. The van der Waals surface area contributed by atoms with E-state index in [4.69, 9.17) is 18.5 Å². The number of nitrogens with zero attached hydrogens (tertiary/aromatic N) is 1. The van der Waals surface area contributed by atoms with Gasteiger partial charge in [0.2, 0.25) is 0 Å². The maximum absolute atomic E-state index is 12.5. The number of phosphoric ester groups is 1. The number of carbonyl (C=O) groups is 1. The van der Waals surface area contributed by atoms with Crippen LogP contribution in [-0.2, 0) is 27.9 Å². The highest BCUT2D eigenvalue weighted by Crippen LogP contribution is 2.38. The van der Waals surface area contributed by atoms with Gasteiger partial charge >= 0.3 is 5.97 Å². The molecule has 0 aliphatic rings. The third-order valence-electron chi connectivity index (χ3n) is 10.4. The quantitative estimate of drug-likeness (QED) is 0.0199. The molecule has 0 amide bonds. The Labute approximate surface area is 341 Å². The van der Waals surface area contributed by atoms with Crippen molar-refractivity contribution in [2.24, 2.45) is 0 Å². The van der Waals surface area contributed by atoms with E-state index in [1.807, 2.05) is 27.2 Å². The lowest BCUT2D eigenvalue weighted by Crippen LogP contribution is -2.37. The summed E-state index contributed by atoms with van der Waals surface area (Å²) >= 11 is 0. The number of carbonyl (C=O) groups excluding carboxylic acids is 1. The van der Waals surface area contributed by atoms with Crippen molar-refractivity contribution in [1.29, 1.82) is 0 Å². The van der Waals surface area contributed by atoms with Crippen LogP contribution in [0.4, 0.5) is 0 Å². The Bertz CT molecular complexity index is 894. The Hall–Kier alpha value is -0.920. The highest BCUT2D eigenvalue weighted by Gasteiger charge is 2.19. The molecule has 8 nitrogen and oxygen atoms in total. The van der Waals surface area contributed by atoms with Crippen molar-refractivity contribution in [3.05, 3.63) is 12.3 Å². The van der Waals surface area contributed by atoms with E-state index in [2.05, 4.69) is 13.8 Å². The number of ether oxygens (including phenoxy) is 2. The molecule has 0 N–H and O–H groups in total. The van der Waals surface area contributed by atoms with Crippen LogP contribution >= 0.6 is 7.82 Å². The first-order valence-corrected chi connectivity index (χ1v) is 24.9. The Morgan fingerprint density at radius 3 is 1.35 bits per heavy atom. The van der Waals surface area contributed by atoms with Crippen LogP contribution in [0.1, 0.15) is 226 Å². The molecule has 0 saturated heterocycles. The summed E-state index contributed by atoms with van der Waals surface area (Å²) in [6.45, 7) is 4.75. The van der Waals surface area contributed by atoms with Gasteiger partial charge in [-0.3, -0.25) is 9.36 Å². The lowest BCUT2D eigenvalue weighted by Gasteiger charge is -2.28. The average Bonchev–Trinajstić information content (AvgIpc) is 3.14. The molecule has 0 aromatic carbocycles. The Morgan fingerprint density at radius 2 is 0.945 bits per heavy atom. The SMILES string of the molecule is CCCCCCCCCCCCCCCC/C=C\OC(COC(=O)CCCCCCCCCCCCCCCCCCC)COP(=O)([O-])OCC[N+](C)(C)C. The molecule has 0 radical (unpaired) electrons. The number of rotatable bonds is 44. The minimum Gasteiger partial charge on any atom is -0.756 e. The molecule has 0 aliphatic heterocycles. The summed E-state index contributed by atoms with van der Waals surface area (Å²) in [6.07, 6.45) is 44.7. The van der Waals surface area contributed by atoms with Crippen LogP contribution in [-0.4, -0.2) is 64.1 Å². The number of hydrogen-bond donors (Lipinski definition) is 0. The van der Waals surface area contributed by atoms with Gasteiger partial charge in [-0.15, -0.1) is 0 Å². The zero-order valence-electron chi connectivity index (χ0n) is 37.1. The molecule has 0 saturated carbocycles. The molecule has 2 unspecified atom stereocenters. The number of quaternary nitrogens is 1. The molecule has 0 rings (SSSR count). The van der Waals surface area contributed by atoms with Gasteiger partial charge in [0.05, 0.1) is 34.0 Å². The maximum atomic E-state index is 12.5. The molecule has 0 aromatic rings. The third-order valence-corrected chi connectivity index (χ3v) is 11.4. The predicted molar refractivity (Wildman–Crippen MR) is 231 cm³/mol. The molecular weight excluding hydrogens is 709 g/mol. The van der Waals surface area contributed by atoms with Crippen LogP contribution in [0.15, 0.2) is 12.3 Å². The van der Waals surface area contributed by atoms with Crippen LogP contribution in [0.5, 0.6) is 0 Å². The van der Waals surface area contributed by atoms with E-state index in [-0.39, 0.29) is 25.8 Å². The summed E-state index contributed by atoms with van der Waals surface area (Å²) in [5.74, 6) is -0.287. The first kappa shape index (κ1) is 54.1. The van der Waals surface area contributed by atoms with Crippen LogP contribution in [0, 0.1) is 0 Å². The standard InChI is InChI=1S/C46H92NO7P/c1-6-8-10-12-14-16-18-20-22-24-25-27-29-31-33-35-37-39-46(48)52-43-45(44-54-55(49,50)53-42-40-47(3,4)5)51-41-38-36-34-32-30-28-26-23-21-19-17-15-13-11-9-7-2/h38,41,45H,6-37,39-40,42-44H2,1-5H3/b41-38-. The Morgan fingerprint density at radius 1 is 0.564 bits per heavy atom. The maximum Gasteiger partial charge on any atom is 0.305 e. The summed E-state index contributed by atoms with van der Waals surface area (Å²) in [7, 11) is 1.38. The van der Waals surface area contributed by atoms with Gasteiger partial charge in [0.1, 0.15) is 19.8 Å². The summed E-state index contributed by atoms with van der Waals surface area (Å²) in [6, 6.07) is 0. The lowest BCUT2D eigenvalue weighted by atomic mass is 10.0. The lowest BCUT2D eigenvalue weighted by molar-refractivity contribution is -0.870. The van der Waals surface area contributed by atoms with Gasteiger partial charge in [-0.1, -0.05) is 200 Å². The molecule has 0 bridgehead atoms. The van der Waals surface area contributed by atoms with Gasteiger partial charge < -0.3 is 27.9 Å². The molecule has 55 heavy (non-hydrogen) atoms. The minimum absolute atomic E-state index is 0.0310. The Kier molecular flexibility index (Phi) is 39.2. The van der Waals surface area contributed by atoms with Gasteiger partial charge in [0, 0.05) is 6.42 Å². The van der Waals surface area contributed by atoms with E-state index < -0.39 is 13.9 Å². The van der Waals surface area contributed by atoms with Crippen LogP contribution < -0.4 is 4.89 Å². The largest absolute Gasteiger partial charge is 0.756 e. The van der Waals surface area contributed by atoms with Crippen molar-refractivity contribution < 1.29 is 37.3 Å². The van der Waals surface area contributed by atoms with Crippen molar-refractivity contribution in [3.8, 4) is 0 Å². The second-order valence-corrected chi connectivity index (χ2v) is 18.6. The van der Waals surface area contributed by atoms with Crippen LogP contribution in [0.25, 0.3) is 0 Å². The van der Waals surface area contributed by atoms with E-state index in [1.54, 1.807) is 6.26 Å². The second kappa shape index (κ2) is 39.9. The van der Waals surface area contributed by atoms with Gasteiger partial charge in [-0.05, 0) is 25.3 Å². The molecule has 0 spiro atoms. The van der Waals surface area contributed by atoms with Gasteiger partial charge in [-0.2, -0.15) is 0 Å². The van der Waals surface area contributed by atoms with Gasteiger partial charge in [0.25, 0.3) is 7.82 Å². The number of esters is 1. The number of phosphoric acid groups is 1. The molecule has 328 valence electrons. The summed E-state index contributed by atoms with van der Waals surface area (Å²) in [4.78, 5) is 24.9. The molecule has 0 aromatic heterocycles. The van der Waals surface area contributed by atoms with Crippen LogP contribution in [0.3, 0.4) is 0 Å². The molecule has 9 heteroatoms. The fourth-order valence-corrected chi connectivity index (χ4v) is 7.44. The Balaban J connectivity index is 4.20. The number of unbranched alkanes of at least 4 members (excludes halogenated alkanes) is 30. The van der Waals surface area contributed by atoms with E-state index in [9.17, 15) is 14.3 Å². The van der Waals surface area contributed by atoms with Gasteiger partial charge in [-0.25, -0.2) is 0 Å². The molecule has 0 aliphatic carbocycles. The van der Waals surface area contributed by atoms with Crippen molar-refractivity contribution in [1.82, 2.24) is 0 Å². The first-order chi connectivity index (χ1) is 26.6. The van der Waals surface area contributed by atoms with E-state index in [0.29, 0.717) is 17.4 Å². The number of allylic oxidation sites excluding steroid dienone is 1. The first-order valence-electron chi connectivity index (χ1n) is 23.5. The van der Waals surface area contributed by atoms with E-state index in [1.165, 1.54) is 173 Å². The normalized spacial score (nSPS) is 13.7. The topological polar surface area (TPSA) is 94.1 Å². The van der Waals surface area contributed by atoms with Crippen molar-refractivity contribution in [3.63, 3.8) is 0 Å². The third kappa shape index (κ3) is 44.0. The molecule has 0 heterocycles. The van der Waals surface area contributed by atoms with Crippen LogP contribution in [0.2, 0.25) is 0 Å². The number of likely N-dealkylation sites (N-methyl/N-ethyl adjacent to an activating group) is 1. The van der Waals surface area contributed by atoms with Crippen molar-refractivity contribution in [2.75, 3.05) is 47.5 Å². The summed E-state index contributed by atoms with van der Waals surface area (Å²) in [5, 5.41) is 0. The fraction of sp³-hybridized carbons (Fsp3) is 0.935. The molecule has 0 fully saturated rings. The number of hydrogen-bond acceptors (Lipinski definition) is 7. The van der Waals surface area contributed by atoms with E-state index >= 15 is 0 Å². The average molecular weight is 802 g/mol. The molecule has 2 atom stereocenters. The van der Waals surface area contributed by atoms with Crippen molar-refractivity contribution in [2.45, 2.75) is 232 Å². The zero-order chi connectivity index (χ0) is 40.6. The summed E-state index contributed by atoms with van der Waals surface area (Å²) in [5.41, 5.74) is 0. The van der Waals surface area contributed by atoms with E-state index in [0.717, 1.165) is 32.1 Å². The highest BCUT2D eigenvalue weighted by molar-refractivity contribution is 7.45. The second-order valence-electron chi connectivity index (χ2n) is 17.2. The summed E-state index contributed by atoms with van der Waals surface area (Å²) < 4.78 is 34.4. The highest BCUT2D eigenvalue weighted by atomic mass is 31.2. The molecular formula is C46H92NO7P. The predicted octanol–water partition coefficient (Wildman–Crippen LogP) is 13.5. The monoisotopic (exact) mass is 802 g/mol. The zero-order valence-corrected chi connectivity index (χ0v) is 38.0.